The molecule has 0 aliphatic rings. The van der Waals surface area contributed by atoms with Gasteiger partial charge in [-0.05, 0) is 6.42 Å². The van der Waals surface area contributed by atoms with Crippen LogP contribution < -0.4 is 10.6 Å². The molecule has 0 aromatic carbocycles. The fraction of sp³-hybridized carbons (Fsp3) is 0.500. The summed E-state index contributed by atoms with van der Waals surface area (Å²) in [7, 11) is 1.81. The highest BCUT2D eigenvalue weighted by molar-refractivity contribution is 5.88. The van der Waals surface area contributed by atoms with Crippen molar-refractivity contribution in [2.45, 2.75) is 32.7 Å². The predicted octanol–water partition coefficient (Wildman–Crippen LogP) is 1.95. The normalized spacial score (nSPS) is 10.9. The number of nitrogens with one attached hydrogen (secondary N) is 2. The molecule has 0 atom stereocenters. The van der Waals surface area contributed by atoms with E-state index in [1.807, 2.05) is 12.4 Å². The molecule has 0 unspecified atom stereocenters. The van der Waals surface area contributed by atoms with E-state index in [9.17, 15) is 4.79 Å². The Morgan fingerprint density at radius 1 is 1.43 bits per heavy atom. The Labute approximate surface area is 124 Å². The van der Waals surface area contributed by atoms with Gasteiger partial charge in [0, 0.05) is 44.6 Å². The molecule has 7 nitrogen and oxygen atoms in total. The molecule has 0 spiro atoms. The average molecular weight is 290 g/mol. The van der Waals surface area contributed by atoms with Gasteiger partial charge in [0.2, 0.25) is 0 Å². The van der Waals surface area contributed by atoms with Gasteiger partial charge >= 0.3 is 6.03 Å². The van der Waals surface area contributed by atoms with E-state index in [2.05, 4.69) is 39.1 Å². The molecule has 2 N–H and O–H groups in total. The van der Waals surface area contributed by atoms with Gasteiger partial charge in [0.15, 0.2) is 0 Å². The number of urea groups is 1. The van der Waals surface area contributed by atoms with Crippen molar-refractivity contribution in [3.8, 4) is 0 Å². The molecule has 114 valence electrons. The molecule has 0 radical (unpaired) electrons. The number of aryl methyl sites for hydroxylation is 2. The molecule has 7 heteroatoms. The van der Waals surface area contributed by atoms with E-state index in [0.717, 1.165) is 18.8 Å². The van der Waals surface area contributed by atoms with Crippen molar-refractivity contribution in [3.63, 3.8) is 0 Å². The first kappa shape index (κ1) is 15.1. The molecule has 2 aromatic heterocycles. The lowest BCUT2D eigenvalue weighted by atomic mass is 10.2. The summed E-state index contributed by atoms with van der Waals surface area (Å²) < 4.78 is 3.77. The quantitative estimate of drug-likeness (QED) is 0.798. The fourth-order valence-electron chi connectivity index (χ4n) is 2.12. The summed E-state index contributed by atoms with van der Waals surface area (Å²) in [4.78, 5) is 16.0. The van der Waals surface area contributed by atoms with Crippen LogP contribution in [0.5, 0.6) is 0 Å². The molecule has 21 heavy (non-hydrogen) atoms. The van der Waals surface area contributed by atoms with Crippen molar-refractivity contribution < 1.29 is 4.79 Å². The Bertz CT molecular complexity index is 586. The summed E-state index contributed by atoms with van der Waals surface area (Å²) in [6.07, 6.45) is 8.01. The minimum absolute atomic E-state index is 0.210. The molecule has 0 saturated carbocycles. The number of hydrogen-bond acceptors (Lipinski definition) is 3. The molecule has 2 amide bonds. The van der Waals surface area contributed by atoms with Crippen LogP contribution in [0, 0.1) is 0 Å². The zero-order valence-electron chi connectivity index (χ0n) is 12.7. The Balaban J connectivity index is 1.69. The van der Waals surface area contributed by atoms with Gasteiger partial charge in [0.05, 0.1) is 11.9 Å². The minimum Gasteiger partial charge on any atom is -0.338 e. The monoisotopic (exact) mass is 290 g/mol. The Morgan fingerprint density at radius 2 is 2.24 bits per heavy atom. The van der Waals surface area contributed by atoms with Crippen molar-refractivity contribution in [1.29, 1.82) is 0 Å². The Hall–Kier alpha value is -2.31. The van der Waals surface area contributed by atoms with E-state index >= 15 is 0 Å². The molecule has 0 bridgehead atoms. The molecule has 2 aromatic rings. The molecule has 0 fully saturated rings. The van der Waals surface area contributed by atoms with Crippen LogP contribution in [0.2, 0.25) is 0 Å². The number of nitrogens with zero attached hydrogens (tertiary/aromatic N) is 4. The summed E-state index contributed by atoms with van der Waals surface area (Å²) in [6, 6.07) is -0.210. The summed E-state index contributed by atoms with van der Waals surface area (Å²) in [5.74, 6) is 1.48. The zero-order chi connectivity index (χ0) is 15.2. The molecular weight excluding hydrogens is 268 g/mol. The van der Waals surface area contributed by atoms with E-state index in [-0.39, 0.29) is 6.03 Å². The van der Waals surface area contributed by atoms with Crippen LogP contribution in [0.4, 0.5) is 10.5 Å². The first-order chi connectivity index (χ1) is 10.1. The number of rotatable bonds is 6. The van der Waals surface area contributed by atoms with Crippen LogP contribution in [0.15, 0.2) is 24.8 Å². The van der Waals surface area contributed by atoms with Gasteiger partial charge in [0.1, 0.15) is 5.82 Å². The summed E-state index contributed by atoms with van der Waals surface area (Å²) >= 11 is 0. The first-order valence-corrected chi connectivity index (χ1v) is 7.11. The maximum absolute atomic E-state index is 11.7. The van der Waals surface area contributed by atoms with Crippen LogP contribution in [0.3, 0.4) is 0 Å². The third-order valence-electron chi connectivity index (χ3n) is 3.09. The number of imidazole rings is 1. The predicted molar refractivity (Wildman–Crippen MR) is 81.2 cm³/mol. The maximum atomic E-state index is 11.7. The smallest absolute Gasteiger partial charge is 0.319 e. The van der Waals surface area contributed by atoms with Crippen LogP contribution in [0.25, 0.3) is 0 Å². The average Bonchev–Trinajstić information content (AvgIpc) is 3.04. The Morgan fingerprint density at radius 3 is 2.90 bits per heavy atom. The van der Waals surface area contributed by atoms with Crippen molar-refractivity contribution in [3.05, 3.63) is 30.6 Å². The molecular formula is C14H22N6O. The second-order valence-corrected chi connectivity index (χ2v) is 5.27. The van der Waals surface area contributed by atoms with Crippen LogP contribution in [0.1, 0.15) is 32.0 Å². The van der Waals surface area contributed by atoms with E-state index in [1.54, 1.807) is 24.1 Å². The minimum atomic E-state index is -0.210. The highest BCUT2D eigenvalue weighted by Crippen LogP contribution is 2.11. The summed E-state index contributed by atoms with van der Waals surface area (Å²) in [6.45, 7) is 5.71. The van der Waals surface area contributed by atoms with Crippen molar-refractivity contribution in [2.24, 2.45) is 7.05 Å². The number of hydrogen-bond donors (Lipinski definition) is 2. The van der Waals surface area contributed by atoms with Gasteiger partial charge in [-0.1, -0.05) is 13.8 Å². The highest BCUT2D eigenvalue weighted by atomic mass is 16.2. The lowest BCUT2D eigenvalue weighted by Gasteiger charge is -2.10. The first-order valence-electron chi connectivity index (χ1n) is 7.11. The van der Waals surface area contributed by atoms with Crippen LogP contribution in [-0.4, -0.2) is 31.9 Å². The van der Waals surface area contributed by atoms with Gasteiger partial charge in [0.25, 0.3) is 0 Å². The van der Waals surface area contributed by atoms with E-state index in [4.69, 9.17) is 0 Å². The van der Waals surface area contributed by atoms with Crippen LogP contribution in [-0.2, 0) is 13.6 Å². The van der Waals surface area contributed by atoms with Gasteiger partial charge in [-0.2, -0.15) is 5.10 Å². The SMILES string of the molecule is CC(C)c1nccn1CCCNC(=O)Nc1cnn(C)c1. The highest BCUT2D eigenvalue weighted by Gasteiger charge is 2.07. The number of anilines is 1. The van der Waals surface area contributed by atoms with Gasteiger partial charge < -0.3 is 15.2 Å². The summed E-state index contributed by atoms with van der Waals surface area (Å²) in [5, 5.41) is 9.55. The maximum Gasteiger partial charge on any atom is 0.319 e. The van der Waals surface area contributed by atoms with Gasteiger partial charge in [-0.25, -0.2) is 9.78 Å². The standard InChI is InChI=1S/C14H22N6O/c1-11(2)13-15-6-8-20(13)7-4-5-16-14(21)18-12-9-17-19(3)10-12/h6,8-11H,4-5,7H2,1-3H3,(H2,16,18,21). The van der Waals surface area contributed by atoms with E-state index < -0.39 is 0 Å². The van der Waals surface area contributed by atoms with Crippen LogP contribution >= 0.6 is 0 Å². The lowest BCUT2D eigenvalue weighted by Crippen LogP contribution is -2.30. The summed E-state index contributed by atoms with van der Waals surface area (Å²) in [5.41, 5.74) is 0.687. The molecule has 0 saturated heterocycles. The molecule has 0 aliphatic heterocycles. The topological polar surface area (TPSA) is 76.8 Å². The lowest BCUT2D eigenvalue weighted by molar-refractivity contribution is 0.252. The molecule has 0 aliphatic carbocycles. The number of carbonyl (C=O) groups excluding carboxylic acids is 1. The third-order valence-corrected chi connectivity index (χ3v) is 3.09. The van der Waals surface area contributed by atoms with Crippen molar-refractivity contribution in [2.75, 3.05) is 11.9 Å². The third kappa shape index (κ3) is 4.34. The number of carbonyl (C=O) groups is 1. The molecule has 2 heterocycles. The van der Waals surface area contributed by atoms with Gasteiger partial charge in [-0.3, -0.25) is 4.68 Å². The van der Waals surface area contributed by atoms with E-state index in [1.165, 1.54) is 0 Å². The number of amides is 2. The van der Waals surface area contributed by atoms with Crippen molar-refractivity contribution >= 4 is 11.7 Å². The fourth-order valence-corrected chi connectivity index (χ4v) is 2.12. The van der Waals surface area contributed by atoms with Crippen molar-refractivity contribution in [1.82, 2.24) is 24.6 Å². The second-order valence-electron chi connectivity index (χ2n) is 5.27. The second kappa shape index (κ2) is 6.92. The Kier molecular flexibility index (Phi) is 4.97. The largest absolute Gasteiger partial charge is 0.338 e. The van der Waals surface area contributed by atoms with E-state index in [0.29, 0.717) is 18.2 Å². The zero-order valence-corrected chi connectivity index (χ0v) is 12.7. The number of aromatic nitrogens is 4. The van der Waals surface area contributed by atoms with Gasteiger partial charge in [-0.15, -0.1) is 0 Å². The molecule has 2 rings (SSSR count).